The monoisotopic (exact) mass is 594 g/mol. The molecule has 2 aromatic heterocycles. The van der Waals surface area contributed by atoms with Gasteiger partial charge in [-0.2, -0.15) is 0 Å². The van der Waals surface area contributed by atoms with Gasteiger partial charge in [-0.25, -0.2) is 0 Å². The Hall–Kier alpha value is -0.621. The normalized spacial score (nSPS) is 11.6. The zero-order valence-electron chi connectivity index (χ0n) is 12.9. The molecule has 0 aliphatic rings. The molecule has 2 aromatic carbocycles. The molecular weight excluding hydrogens is 582 g/mol. The van der Waals surface area contributed by atoms with Crippen molar-refractivity contribution < 1.29 is 0 Å². The summed E-state index contributed by atoms with van der Waals surface area (Å²) in [6.07, 6.45) is 0.811. The summed E-state index contributed by atoms with van der Waals surface area (Å²) in [6.45, 7) is 1.40. The number of fused-ring (bicyclic) bond motifs is 2. The summed E-state index contributed by atoms with van der Waals surface area (Å²) in [4.78, 5) is 25.0. The molecule has 0 saturated heterocycles. The molecular formula is C17H12Br2N2O2Se2. The van der Waals surface area contributed by atoms with Gasteiger partial charge in [0.15, 0.2) is 0 Å². The summed E-state index contributed by atoms with van der Waals surface area (Å²) in [5.41, 5.74) is 0.226. The first-order valence-electron chi connectivity index (χ1n) is 7.62. The summed E-state index contributed by atoms with van der Waals surface area (Å²) in [7, 11) is 0. The van der Waals surface area contributed by atoms with Crippen molar-refractivity contribution in [1.82, 2.24) is 7.12 Å². The average molecular weight is 594 g/mol. The van der Waals surface area contributed by atoms with E-state index in [2.05, 4.69) is 31.9 Å². The Bertz CT molecular complexity index is 1110. The topological polar surface area (TPSA) is 44.0 Å². The van der Waals surface area contributed by atoms with E-state index in [1.165, 1.54) is 0 Å². The van der Waals surface area contributed by atoms with E-state index in [0.29, 0.717) is 13.1 Å². The van der Waals surface area contributed by atoms with Gasteiger partial charge in [-0.3, -0.25) is 0 Å². The van der Waals surface area contributed by atoms with Crippen molar-refractivity contribution in [3.8, 4) is 0 Å². The first-order chi connectivity index (χ1) is 12.0. The minimum atomic E-state index is 0.0428. The molecule has 0 bridgehead atoms. The number of benzene rings is 2. The first kappa shape index (κ1) is 17.8. The van der Waals surface area contributed by atoms with Gasteiger partial charge in [0.1, 0.15) is 0 Å². The van der Waals surface area contributed by atoms with Gasteiger partial charge >= 0.3 is 173 Å². The summed E-state index contributed by atoms with van der Waals surface area (Å²) in [5, 5.41) is 1.63. The zero-order valence-corrected chi connectivity index (χ0v) is 19.5. The van der Waals surface area contributed by atoms with Crippen LogP contribution in [-0.4, -0.2) is 36.6 Å². The van der Waals surface area contributed by atoms with Crippen molar-refractivity contribution in [2.24, 2.45) is 0 Å². The first-order valence-corrected chi connectivity index (χ1v) is 12.4. The van der Waals surface area contributed by atoms with E-state index in [4.69, 9.17) is 0 Å². The molecule has 0 atom stereocenters. The minimum absolute atomic E-state index is 0.0428. The molecule has 0 N–H and O–H groups in total. The Morgan fingerprint density at radius 2 is 1.20 bits per heavy atom. The van der Waals surface area contributed by atoms with Crippen LogP contribution in [0.1, 0.15) is 6.42 Å². The van der Waals surface area contributed by atoms with Gasteiger partial charge in [0.2, 0.25) is 0 Å². The standard InChI is InChI=1S/C17H12Br2N2O2Se2/c18-10-2-4-14-12(8-10)16(22)20(24-14)6-1-7-21-17(23)13-9-11(19)3-5-15(13)25-21/h2-5,8-9H,1,6-7H2. The van der Waals surface area contributed by atoms with E-state index < -0.39 is 0 Å². The van der Waals surface area contributed by atoms with E-state index in [-0.39, 0.29) is 40.6 Å². The van der Waals surface area contributed by atoms with Crippen LogP contribution in [0.4, 0.5) is 0 Å². The second kappa shape index (κ2) is 7.18. The second-order valence-corrected chi connectivity index (χ2v) is 11.9. The van der Waals surface area contributed by atoms with Crippen LogP contribution in [0.25, 0.3) is 19.3 Å². The molecule has 25 heavy (non-hydrogen) atoms. The Kier molecular flexibility index (Phi) is 5.11. The fraction of sp³-hybridized carbons (Fsp3) is 0.176. The number of hydrogen-bond acceptors (Lipinski definition) is 2. The maximum absolute atomic E-state index is 12.5. The Labute approximate surface area is 172 Å². The molecule has 0 saturated carbocycles. The number of aromatic nitrogens is 2. The van der Waals surface area contributed by atoms with Gasteiger partial charge < -0.3 is 0 Å². The van der Waals surface area contributed by atoms with Gasteiger partial charge in [-0.05, 0) is 0 Å². The quantitative estimate of drug-likeness (QED) is 0.342. The fourth-order valence-electron chi connectivity index (χ4n) is 2.74. The van der Waals surface area contributed by atoms with Crippen LogP contribution >= 0.6 is 31.9 Å². The van der Waals surface area contributed by atoms with E-state index in [1.807, 2.05) is 43.5 Å². The molecule has 4 nitrogen and oxygen atoms in total. The van der Waals surface area contributed by atoms with Crippen LogP contribution in [0.2, 0.25) is 0 Å². The molecule has 0 unspecified atom stereocenters. The van der Waals surface area contributed by atoms with Crippen LogP contribution in [-0.2, 0) is 13.1 Å². The SMILES string of the molecule is O=c1c2cc(Br)ccc2[se]n1CCCn1[se]c2ccc(Br)cc2c1=O. The molecule has 0 aliphatic carbocycles. The molecule has 4 aromatic rings. The van der Waals surface area contributed by atoms with Gasteiger partial charge in [-0.1, -0.05) is 0 Å². The number of aryl methyl sites for hydroxylation is 2. The predicted octanol–water partition coefficient (Wildman–Crippen LogP) is 3.05. The van der Waals surface area contributed by atoms with Crippen molar-refractivity contribution in [2.75, 3.05) is 0 Å². The van der Waals surface area contributed by atoms with E-state index in [0.717, 1.165) is 34.7 Å². The van der Waals surface area contributed by atoms with E-state index in [1.54, 1.807) is 0 Å². The molecule has 8 heteroatoms. The second-order valence-electron chi connectivity index (χ2n) is 5.63. The number of rotatable bonds is 4. The summed E-state index contributed by atoms with van der Waals surface area (Å²) < 4.78 is 8.01. The van der Waals surface area contributed by atoms with Crippen LogP contribution in [0, 0.1) is 0 Å². The van der Waals surface area contributed by atoms with E-state index in [9.17, 15) is 9.59 Å². The molecule has 0 radical (unpaired) electrons. The number of nitrogens with zero attached hydrogens (tertiary/aromatic N) is 2. The van der Waals surface area contributed by atoms with E-state index >= 15 is 0 Å². The Morgan fingerprint density at radius 3 is 1.64 bits per heavy atom. The predicted molar refractivity (Wildman–Crippen MR) is 110 cm³/mol. The third-order valence-electron chi connectivity index (χ3n) is 3.94. The van der Waals surface area contributed by atoms with Crippen molar-refractivity contribution in [2.45, 2.75) is 19.5 Å². The van der Waals surface area contributed by atoms with Gasteiger partial charge in [0, 0.05) is 0 Å². The molecule has 0 spiro atoms. The maximum atomic E-state index is 12.5. The number of halogens is 2. The summed E-state index contributed by atoms with van der Waals surface area (Å²) in [6, 6.07) is 11.8. The van der Waals surface area contributed by atoms with Crippen LogP contribution < -0.4 is 11.1 Å². The van der Waals surface area contributed by atoms with Crippen LogP contribution in [0.5, 0.6) is 0 Å². The molecule has 4 rings (SSSR count). The molecule has 128 valence electrons. The molecule has 2 heterocycles. The molecule has 0 fully saturated rings. The fourth-order valence-corrected chi connectivity index (χ4v) is 7.71. The van der Waals surface area contributed by atoms with Crippen molar-refractivity contribution in [3.05, 3.63) is 66.1 Å². The molecule has 0 aliphatic heterocycles. The van der Waals surface area contributed by atoms with Gasteiger partial charge in [0.25, 0.3) is 0 Å². The third-order valence-corrected chi connectivity index (χ3v) is 9.63. The van der Waals surface area contributed by atoms with Crippen molar-refractivity contribution in [3.63, 3.8) is 0 Å². The zero-order chi connectivity index (χ0) is 17.6. The Morgan fingerprint density at radius 1 is 0.760 bits per heavy atom. The van der Waals surface area contributed by atoms with Crippen LogP contribution in [0.15, 0.2) is 54.9 Å². The summed E-state index contributed by atoms with van der Waals surface area (Å²) in [5.74, 6) is 0. The van der Waals surface area contributed by atoms with Crippen LogP contribution in [0.3, 0.4) is 0 Å². The average Bonchev–Trinajstić information content (AvgIpc) is 3.06. The Balaban J connectivity index is 1.55. The van der Waals surface area contributed by atoms with Gasteiger partial charge in [-0.15, -0.1) is 0 Å². The van der Waals surface area contributed by atoms with Gasteiger partial charge in [0.05, 0.1) is 0 Å². The third kappa shape index (κ3) is 3.48. The number of hydrogen-bond donors (Lipinski definition) is 0. The van der Waals surface area contributed by atoms with Crippen molar-refractivity contribution in [1.29, 1.82) is 0 Å². The summed E-state index contributed by atoms with van der Waals surface area (Å²) >= 11 is 6.94. The molecule has 0 amide bonds. The van der Waals surface area contributed by atoms with Crippen molar-refractivity contribution >= 4 is 80.6 Å².